The van der Waals surface area contributed by atoms with Crippen LogP contribution in [0.5, 0.6) is 5.75 Å². The van der Waals surface area contributed by atoms with E-state index >= 15 is 0 Å². The molecule has 2 N–H and O–H groups in total. The average Bonchev–Trinajstić information content (AvgIpc) is 2.84. The minimum atomic E-state index is -0.248. The van der Waals surface area contributed by atoms with E-state index in [-0.39, 0.29) is 23.3 Å². The number of anilines is 1. The number of methoxy groups -OCH3 is 1. The fraction of sp³-hybridized carbons (Fsp3) is 0.375. The van der Waals surface area contributed by atoms with Crippen molar-refractivity contribution in [3.8, 4) is 5.75 Å². The summed E-state index contributed by atoms with van der Waals surface area (Å²) in [7, 11) is 1.61. The van der Waals surface area contributed by atoms with E-state index < -0.39 is 0 Å². The van der Waals surface area contributed by atoms with E-state index in [0.29, 0.717) is 28.7 Å². The van der Waals surface area contributed by atoms with Gasteiger partial charge in [0, 0.05) is 29.2 Å². The lowest BCUT2D eigenvalue weighted by molar-refractivity contribution is 0.406. The van der Waals surface area contributed by atoms with Gasteiger partial charge in [-0.3, -0.25) is 14.1 Å². The summed E-state index contributed by atoms with van der Waals surface area (Å²) in [5.41, 5.74) is 8.84. The first kappa shape index (κ1) is 18.7. The van der Waals surface area contributed by atoms with Crippen molar-refractivity contribution < 1.29 is 4.74 Å². The maximum Gasteiger partial charge on any atom is 0.330 e. The number of aryl methyl sites for hydroxylation is 2. The van der Waals surface area contributed by atoms with E-state index in [9.17, 15) is 4.79 Å². The number of nitrogens with two attached hydrogens (primary N) is 1. The molecule has 0 aliphatic heterocycles. The fourth-order valence-corrected chi connectivity index (χ4v) is 3.63. The predicted molar refractivity (Wildman–Crippen MR) is 104 cm³/mol. The first-order valence-corrected chi connectivity index (χ1v) is 9.36. The van der Waals surface area contributed by atoms with Gasteiger partial charge in [0.1, 0.15) is 11.3 Å². The highest BCUT2D eigenvalue weighted by Gasteiger charge is 2.20. The number of pyridine rings is 1. The molecule has 0 fully saturated rings. The molecule has 8 nitrogen and oxygen atoms in total. The van der Waals surface area contributed by atoms with Crippen LogP contribution < -0.4 is 16.2 Å². The Morgan fingerprint density at radius 3 is 2.69 bits per heavy atom. The Kier molecular flexibility index (Phi) is 5.19. The molecule has 0 aromatic carbocycles. The summed E-state index contributed by atoms with van der Waals surface area (Å²) in [6.45, 7) is 4.48. The largest absolute Gasteiger partial charge is 0.496 e. The number of halogens is 2. The molecule has 3 aromatic rings. The van der Waals surface area contributed by atoms with Gasteiger partial charge >= 0.3 is 5.69 Å². The Morgan fingerprint density at radius 1 is 1.31 bits per heavy atom. The highest BCUT2D eigenvalue weighted by Crippen LogP contribution is 2.26. The summed E-state index contributed by atoms with van der Waals surface area (Å²) in [4.78, 5) is 25.6. The maximum absolute atomic E-state index is 13.0. The molecule has 0 unspecified atom stereocenters. The Balaban J connectivity index is 2.23. The second kappa shape index (κ2) is 7.24. The Morgan fingerprint density at radius 2 is 2.04 bits per heavy atom. The third-order valence-corrected chi connectivity index (χ3v) is 4.81. The number of hydrogen-bond donors (Lipinski definition) is 1. The van der Waals surface area contributed by atoms with Crippen LogP contribution >= 0.6 is 27.5 Å². The standard InChI is InChI=1S/C16H18BrClN6O2/c1-8-6-20-10(9(2)12(8)26-3)7-24-14-11(13(18)21-15(19)22-14)23(5-4-17)16(24)25/h6H,4-5,7H2,1-3H3,(H2,19,21,22). The predicted octanol–water partition coefficient (Wildman–Crippen LogP) is 2.29. The highest BCUT2D eigenvalue weighted by atomic mass is 79.9. The van der Waals surface area contributed by atoms with E-state index in [1.54, 1.807) is 13.3 Å². The van der Waals surface area contributed by atoms with Crippen molar-refractivity contribution in [3.63, 3.8) is 0 Å². The van der Waals surface area contributed by atoms with Crippen LogP contribution in [0.25, 0.3) is 11.2 Å². The average molecular weight is 442 g/mol. The van der Waals surface area contributed by atoms with Gasteiger partial charge in [0.25, 0.3) is 0 Å². The van der Waals surface area contributed by atoms with Crippen molar-refractivity contribution in [1.29, 1.82) is 0 Å². The number of imidazole rings is 1. The van der Waals surface area contributed by atoms with E-state index in [1.807, 2.05) is 13.8 Å². The third-order valence-electron chi connectivity index (χ3n) is 4.19. The fourth-order valence-electron chi connectivity index (χ4n) is 3.00. The Labute approximate surface area is 163 Å². The van der Waals surface area contributed by atoms with Gasteiger partial charge in [-0.05, 0) is 13.8 Å². The molecule has 0 aliphatic carbocycles. The van der Waals surface area contributed by atoms with E-state index in [2.05, 4.69) is 30.9 Å². The van der Waals surface area contributed by atoms with E-state index in [1.165, 1.54) is 9.13 Å². The number of rotatable bonds is 5. The molecule has 0 saturated carbocycles. The van der Waals surface area contributed by atoms with Crippen LogP contribution in [0.1, 0.15) is 16.8 Å². The van der Waals surface area contributed by atoms with Crippen molar-refractivity contribution in [2.24, 2.45) is 0 Å². The van der Waals surface area contributed by atoms with Crippen molar-refractivity contribution in [1.82, 2.24) is 24.1 Å². The number of aromatic nitrogens is 5. The lowest BCUT2D eigenvalue weighted by Crippen LogP contribution is -2.26. The Hall–Kier alpha value is -2.13. The lowest BCUT2D eigenvalue weighted by Gasteiger charge is -2.12. The molecule has 0 radical (unpaired) electrons. The van der Waals surface area contributed by atoms with Gasteiger partial charge in [0.2, 0.25) is 5.95 Å². The summed E-state index contributed by atoms with van der Waals surface area (Å²) in [5.74, 6) is 0.762. The molecule has 3 aromatic heterocycles. The molecule has 3 rings (SSSR count). The molecule has 0 atom stereocenters. The number of ether oxygens (including phenoxy) is 1. The van der Waals surface area contributed by atoms with E-state index in [0.717, 1.165) is 16.9 Å². The normalized spacial score (nSPS) is 11.3. The number of hydrogen-bond acceptors (Lipinski definition) is 6. The zero-order valence-electron chi connectivity index (χ0n) is 14.6. The summed E-state index contributed by atoms with van der Waals surface area (Å²) in [6.07, 6.45) is 1.72. The summed E-state index contributed by atoms with van der Waals surface area (Å²) in [6, 6.07) is 0. The van der Waals surface area contributed by atoms with Crippen molar-refractivity contribution in [3.05, 3.63) is 38.7 Å². The topological polar surface area (TPSA) is 101 Å². The first-order chi connectivity index (χ1) is 12.4. The van der Waals surface area contributed by atoms with Crippen LogP contribution in [0.4, 0.5) is 5.95 Å². The van der Waals surface area contributed by atoms with Gasteiger partial charge in [-0.25, -0.2) is 4.79 Å². The summed E-state index contributed by atoms with van der Waals surface area (Å²) < 4.78 is 8.49. The minimum Gasteiger partial charge on any atom is -0.496 e. The van der Waals surface area contributed by atoms with Crippen LogP contribution in [0.15, 0.2) is 11.0 Å². The van der Waals surface area contributed by atoms with Crippen molar-refractivity contribution >= 4 is 44.6 Å². The summed E-state index contributed by atoms with van der Waals surface area (Å²) >= 11 is 9.59. The Bertz CT molecular complexity index is 1050. The molecule has 138 valence electrons. The molecule has 0 saturated heterocycles. The minimum absolute atomic E-state index is 0.0124. The number of nitrogens with zero attached hydrogens (tertiary/aromatic N) is 5. The molecule has 3 heterocycles. The van der Waals surface area contributed by atoms with Gasteiger partial charge in [0.05, 0.1) is 19.3 Å². The van der Waals surface area contributed by atoms with Crippen molar-refractivity contribution in [2.45, 2.75) is 26.9 Å². The monoisotopic (exact) mass is 440 g/mol. The molecule has 0 aliphatic rings. The molecular formula is C16H18BrClN6O2. The van der Waals surface area contributed by atoms with Crippen LogP contribution in [-0.2, 0) is 13.1 Å². The summed E-state index contributed by atoms with van der Waals surface area (Å²) in [5, 5.41) is 0.734. The molecular weight excluding hydrogens is 424 g/mol. The smallest absolute Gasteiger partial charge is 0.330 e. The van der Waals surface area contributed by atoms with Gasteiger partial charge < -0.3 is 10.5 Å². The second-order valence-electron chi connectivity index (χ2n) is 5.80. The quantitative estimate of drug-likeness (QED) is 0.481. The van der Waals surface area contributed by atoms with Crippen LogP contribution in [0, 0.1) is 13.8 Å². The molecule has 0 amide bonds. The van der Waals surface area contributed by atoms with Crippen LogP contribution in [0.2, 0.25) is 5.15 Å². The number of nitrogen functional groups attached to an aromatic ring is 1. The molecule has 26 heavy (non-hydrogen) atoms. The first-order valence-electron chi connectivity index (χ1n) is 7.86. The highest BCUT2D eigenvalue weighted by molar-refractivity contribution is 9.09. The lowest BCUT2D eigenvalue weighted by atomic mass is 10.1. The number of fused-ring (bicyclic) bond motifs is 1. The molecule has 10 heteroatoms. The van der Waals surface area contributed by atoms with Crippen LogP contribution in [0.3, 0.4) is 0 Å². The van der Waals surface area contributed by atoms with Crippen molar-refractivity contribution in [2.75, 3.05) is 18.2 Å². The zero-order chi connectivity index (χ0) is 19.0. The second-order valence-corrected chi connectivity index (χ2v) is 6.95. The molecule has 0 bridgehead atoms. The van der Waals surface area contributed by atoms with Gasteiger partial charge in [-0.15, -0.1) is 0 Å². The van der Waals surface area contributed by atoms with Gasteiger partial charge in [0.15, 0.2) is 10.8 Å². The van der Waals surface area contributed by atoms with Gasteiger partial charge in [-0.1, -0.05) is 27.5 Å². The number of alkyl halides is 1. The van der Waals surface area contributed by atoms with Crippen LogP contribution in [-0.4, -0.2) is 36.5 Å². The van der Waals surface area contributed by atoms with Gasteiger partial charge in [-0.2, -0.15) is 9.97 Å². The molecule has 0 spiro atoms. The maximum atomic E-state index is 13.0. The SMILES string of the molecule is COc1c(C)cnc(Cn2c(=O)n(CCBr)c3c(Cl)nc(N)nc32)c1C. The van der Waals surface area contributed by atoms with E-state index in [4.69, 9.17) is 22.1 Å². The zero-order valence-corrected chi connectivity index (χ0v) is 16.9. The third kappa shape index (κ3) is 3.05.